The fraction of sp³-hybridized carbons (Fsp3) is 0.0930. The van der Waals surface area contributed by atoms with E-state index >= 15 is 4.79 Å². The second-order valence-corrected chi connectivity index (χ2v) is 11.4. The van der Waals surface area contributed by atoms with Crippen molar-refractivity contribution < 1.29 is 14.4 Å². The minimum atomic E-state index is -1.18. The summed E-state index contributed by atoms with van der Waals surface area (Å²) >= 11 is 0. The fourth-order valence-corrected chi connectivity index (χ4v) is 6.54. The summed E-state index contributed by atoms with van der Waals surface area (Å²) in [7, 11) is 0. The van der Waals surface area contributed by atoms with Crippen LogP contribution in [0.3, 0.4) is 0 Å². The second-order valence-electron chi connectivity index (χ2n) is 11.4. The molecule has 0 N–H and O–H groups in total. The minimum absolute atomic E-state index is 0.126. The molecular formula is C43H34O3. The molecule has 0 aliphatic carbocycles. The molecule has 0 heterocycles. The van der Waals surface area contributed by atoms with Crippen molar-refractivity contribution in [3.63, 3.8) is 0 Å². The maximum absolute atomic E-state index is 15.1. The van der Waals surface area contributed by atoms with Crippen LogP contribution in [0.2, 0.25) is 0 Å². The van der Waals surface area contributed by atoms with Crippen LogP contribution in [0.1, 0.15) is 59.6 Å². The lowest BCUT2D eigenvalue weighted by molar-refractivity contribution is 0.0722. The quantitative estimate of drug-likeness (QED) is 0.104. The highest BCUT2D eigenvalue weighted by atomic mass is 16.2. The summed E-state index contributed by atoms with van der Waals surface area (Å²) in [5, 5.41) is 0. The summed E-state index contributed by atoms with van der Waals surface area (Å²) in [5.74, 6) is -4.02. The average molecular weight is 599 g/mol. The maximum Gasteiger partial charge on any atom is 0.174 e. The van der Waals surface area contributed by atoms with Gasteiger partial charge in [-0.15, -0.1) is 0 Å². The minimum Gasteiger partial charge on any atom is -0.294 e. The summed E-state index contributed by atoms with van der Waals surface area (Å²) in [5.41, 5.74) is 4.01. The Morgan fingerprint density at radius 2 is 0.609 bits per heavy atom. The van der Waals surface area contributed by atoms with E-state index in [1.54, 1.807) is 48.5 Å². The normalized spacial score (nSPS) is 12.4. The largest absolute Gasteiger partial charge is 0.294 e. The smallest absolute Gasteiger partial charge is 0.174 e. The third-order valence-corrected chi connectivity index (χ3v) is 8.65. The van der Waals surface area contributed by atoms with Crippen molar-refractivity contribution in [1.29, 1.82) is 0 Å². The van der Waals surface area contributed by atoms with Crippen LogP contribution >= 0.6 is 0 Å². The molecule has 224 valence electrons. The molecule has 0 fully saturated rings. The summed E-state index contributed by atoms with van der Waals surface area (Å²) in [6.45, 7) is 0. The molecule has 0 aliphatic rings. The first kappa shape index (κ1) is 30.4. The van der Waals surface area contributed by atoms with E-state index in [4.69, 9.17) is 0 Å². The molecule has 0 amide bonds. The van der Waals surface area contributed by atoms with Gasteiger partial charge in [0.1, 0.15) is 0 Å². The lowest BCUT2D eigenvalue weighted by Gasteiger charge is -2.37. The topological polar surface area (TPSA) is 51.2 Å². The lowest BCUT2D eigenvalue weighted by Crippen LogP contribution is -2.40. The van der Waals surface area contributed by atoms with Gasteiger partial charge in [0, 0.05) is 34.4 Å². The summed E-state index contributed by atoms with van der Waals surface area (Å²) in [6, 6.07) is 56.6. The zero-order valence-corrected chi connectivity index (χ0v) is 25.4. The second kappa shape index (κ2) is 14.4. The van der Waals surface area contributed by atoms with Gasteiger partial charge in [-0.1, -0.05) is 182 Å². The number of ketones is 3. The average Bonchev–Trinajstić information content (AvgIpc) is 3.14. The number of rotatable bonds is 12. The Hall–Kier alpha value is -5.67. The molecule has 0 saturated heterocycles. The number of hydrogen-bond donors (Lipinski definition) is 0. The molecule has 0 saturated carbocycles. The van der Waals surface area contributed by atoms with Crippen molar-refractivity contribution in [2.24, 2.45) is 11.8 Å². The number of benzene rings is 6. The van der Waals surface area contributed by atoms with Gasteiger partial charge in [-0.05, 0) is 16.7 Å². The van der Waals surface area contributed by atoms with Gasteiger partial charge < -0.3 is 0 Å². The number of hydrogen-bond acceptors (Lipinski definition) is 3. The zero-order chi connectivity index (χ0) is 31.7. The highest BCUT2D eigenvalue weighted by molar-refractivity contribution is 6.17. The summed E-state index contributed by atoms with van der Waals surface area (Å²) in [4.78, 5) is 44.8. The number of carbonyl (C=O) groups excluding carboxylic acids is 3. The summed E-state index contributed by atoms with van der Waals surface area (Å²) < 4.78 is 0. The van der Waals surface area contributed by atoms with Crippen LogP contribution in [0.5, 0.6) is 0 Å². The Kier molecular flexibility index (Phi) is 9.51. The van der Waals surface area contributed by atoms with Crippen molar-refractivity contribution in [1.82, 2.24) is 0 Å². The van der Waals surface area contributed by atoms with Crippen LogP contribution < -0.4 is 0 Å². The molecule has 0 bridgehead atoms. The van der Waals surface area contributed by atoms with Crippen LogP contribution in [0, 0.1) is 11.8 Å². The molecule has 0 radical (unpaired) electrons. The Balaban J connectivity index is 1.67. The first-order valence-electron chi connectivity index (χ1n) is 15.6. The first-order valence-corrected chi connectivity index (χ1v) is 15.6. The van der Waals surface area contributed by atoms with Gasteiger partial charge in [0.05, 0.1) is 5.92 Å². The van der Waals surface area contributed by atoms with E-state index < -0.39 is 23.7 Å². The highest BCUT2D eigenvalue weighted by Gasteiger charge is 2.47. The van der Waals surface area contributed by atoms with Gasteiger partial charge in [-0.2, -0.15) is 0 Å². The van der Waals surface area contributed by atoms with Crippen molar-refractivity contribution in [2.75, 3.05) is 0 Å². The van der Waals surface area contributed by atoms with E-state index in [0.29, 0.717) is 16.7 Å². The van der Waals surface area contributed by atoms with Crippen LogP contribution in [-0.2, 0) is 0 Å². The molecule has 3 heteroatoms. The van der Waals surface area contributed by atoms with Crippen molar-refractivity contribution in [3.05, 3.63) is 215 Å². The van der Waals surface area contributed by atoms with Gasteiger partial charge in [-0.25, -0.2) is 0 Å². The van der Waals surface area contributed by atoms with Gasteiger partial charge in [0.25, 0.3) is 0 Å². The predicted octanol–water partition coefficient (Wildman–Crippen LogP) is 9.48. The van der Waals surface area contributed by atoms with Gasteiger partial charge in [0.2, 0.25) is 0 Å². The molecular weight excluding hydrogens is 564 g/mol. The Morgan fingerprint density at radius 3 is 0.957 bits per heavy atom. The monoisotopic (exact) mass is 598 g/mol. The van der Waals surface area contributed by atoms with E-state index in [2.05, 4.69) is 0 Å². The zero-order valence-electron chi connectivity index (χ0n) is 25.4. The third-order valence-electron chi connectivity index (χ3n) is 8.65. The Morgan fingerprint density at radius 1 is 0.326 bits per heavy atom. The SMILES string of the molecule is O=C(c1ccccc1)C(C(=O)c1ccccc1)[C@H](c1ccccc1)[C@H](C(=O)c1ccccc1)C(c1ccccc1)c1ccccc1. The lowest BCUT2D eigenvalue weighted by atomic mass is 9.62. The molecule has 6 aromatic rings. The van der Waals surface area contributed by atoms with E-state index in [1.807, 2.05) is 133 Å². The number of carbonyl (C=O) groups is 3. The molecule has 0 unspecified atom stereocenters. The van der Waals surface area contributed by atoms with E-state index in [1.165, 1.54) is 0 Å². The molecule has 3 nitrogen and oxygen atoms in total. The van der Waals surface area contributed by atoms with Crippen molar-refractivity contribution in [3.8, 4) is 0 Å². The van der Waals surface area contributed by atoms with Crippen LogP contribution in [0.4, 0.5) is 0 Å². The number of Topliss-reactive ketones (excluding diaryl/α,β-unsaturated/α-hetero) is 3. The molecule has 46 heavy (non-hydrogen) atoms. The predicted molar refractivity (Wildman–Crippen MR) is 183 cm³/mol. The van der Waals surface area contributed by atoms with E-state index in [0.717, 1.165) is 16.7 Å². The molecule has 6 aromatic carbocycles. The first-order chi connectivity index (χ1) is 22.6. The standard InChI is InChI=1S/C43H34O3/c44-41(34-25-13-4-14-26-34)39(37(31-19-7-1-8-20-31)32-21-9-2-10-22-32)38(33-23-11-3-12-24-33)40(42(45)35-27-15-5-16-28-35)43(46)36-29-17-6-18-30-36/h1-30,37-40H/t38-,39-/m1/s1. The Labute approximate surface area is 270 Å². The van der Waals surface area contributed by atoms with Crippen LogP contribution in [0.15, 0.2) is 182 Å². The highest BCUT2D eigenvalue weighted by Crippen LogP contribution is 2.47. The van der Waals surface area contributed by atoms with E-state index in [-0.39, 0.29) is 17.3 Å². The fourth-order valence-electron chi connectivity index (χ4n) is 6.54. The molecule has 0 aliphatic heterocycles. The van der Waals surface area contributed by atoms with Crippen LogP contribution in [0.25, 0.3) is 0 Å². The van der Waals surface area contributed by atoms with Gasteiger partial charge in [0.15, 0.2) is 17.3 Å². The third kappa shape index (κ3) is 6.55. The van der Waals surface area contributed by atoms with Gasteiger partial charge >= 0.3 is 0 Å². The molecule has 6 rings (SSSR count). The molecule has 2 atom stereocenters. The van der Waals surface area contributed by atoms with Crippen LogP contribution in [-0.4, -0.2) is 17.3 Å². The summed E-state index contributed by atoms with van der Waals surface area (Å²) in [6.07, 6.45) is 0. The molecule has 0 spiro atoms. The van der Waals surface area contributed by atoms with Crippen molar-refractivity contribution >= 4 is 17.3 Å². The van der Waals surface area contributed by atoms with E-state index in [9.17, 15) is 9.59 Å². The maximum atomic E-state index is 15.1. The Bertz CT molecular complexity index is 1780. The van der Waals surface area contributed by atoms with Gasteiger partial charge in [-0.3, -0.25) is 14.4 Å². The van der Waals surface area contributed by atoms with Crippen molar-refractivity contribution in [2.45, 2.75) is 11.8 Å². The molecule has 0 aromatic heterocycles.